The molecule has 1 aliphatic carbocycles. The molecule has 1 aromatic rings. The number of rotatable bonds is 3. The molecule has 0 heterocycles. The topological polar surface area (TPSA) is 3.24 Å². The average molecular weight is 217 g/mol. The van der Waals surface area contributed by atoms with Gasteiger partial charge in [-0.25, -0.2) is 0 Å². The molecular weight excluding hydrogens is 194 g/mol. The van der Waals surface area contributed by atoms with E-state index < -0.39 is 0 Å². The highest BCUT2D eigenvalue weighted by Crippen LogP contribution is 2.50. The molecule has 0 unspecified atom stereocenters. The number of nitrogens with zero attached hydrogens (tertiary/aromatic N) is 1. The summed E-state index contributed by atoms with van der Waals surface area (Å²) >= 11 is 0. The van der Waals surface area contributed by atoms with E-state index in [1.165, 1.54) is 36.1 Å². The van der Waals surface area contributed by atoms with Crippen LogP contribution in [0.3, 0.4) is 0 Å². The third-order valence-electron chi connectivity index (χ3n) is 3.68. The zero-order valence-corrected chi connectivity index (χ0v) is 11.2. The fourth-order valence-corrected chi connectivity index (χ4v) is 3.26. The molecule has 0 amide bonds. The van der Waals surface area contributed by atoms with Crippen LogP contribution in [0.25, 0.3) is 0 Å². The van der Waals surface area contributed by atoms with Crippen LogP contribution in [0.2, 0.25) is 0 Å². The first-order valence-corrected chi connectivity index (χ1v) is 6.18. The molecule has 1 nitrogen and oxygen atoms in total. The molecule has 0 radical (unpaired) electrons. The summed E-state index contributed by atoms with van der Waals surface area (Å²) in [5, 5.41) is 0. The lowest BCUT2D eigenvalue weighted by atomic mass is 9.86. The zero-order valence-electron chi connectivity index (χ0n) is 11.2. The first-order valence-electron chi connectivity index (χ1n) is 6.18. The molecule has 0 spiro atoms. The quantitative estimate of drug-likeness (QED) is 0.751. The van der Waals surface area contributed by atoms with E-state index in [1.807, 2.05) is 0 Å². The summed E-state index contributed by atoms with van der Waals surface area (Å²) in [6, 6.07) is 4.66. The van der Waals surface area contributed by atoms with E-state index in [0.29, 0.717) is 5.41 Å². The Hall–Kier alpha value is -0.820. The highest BCUT2D eigenvalue weighted by atomic mass is 15.1. The minimum atomic E-state index is 0.464. The lowest BCUT2D eigenvalue weighted by molar-refractivity contribution is 0.361. The second kappa shape index (κ2) is 3.89. The van der Waals surface area contributed by atoms with Crippen molar-refractivity contribution in [1.82, 2.24) is 4.90 Å². The van der Waals surface area contributed by atoms with Crippen molar-refractivity contribution >= 4 is 0 Å². The Labute approximate surface area is 99.5 Å². The zero-order chi connectivity index (χ0) is 11.9. The first-order chi connectivity index (χ1) is 7.44. The van der Waals surface area contributed by atoms with E-state index in [9.17, 15) is 0 Å². The smallest absolute Gasteiger partial charge is 0.00859 e. The minimum absolute atomic E-state index is 0.464. The van der Waals surface area contributed by atoms with E-state index in [-0.39, 0.29) is 0 Å². The van der Waals surface area contributed by atoms with Crippen LogP contribution in [0.1, 0.15) is 35.1 Å². The number of likely N-dealkylation sites (N-methyl/N-ethyl adjacent to an activating group) is 1. The van der Waals surface area contributed by atoms with Gasteiger partial charge in [0.1, 0.15) is 0 Å². The monoisotopic (exact) mass is 217 g/mol. The Morgan fingerprint density at radius 3 is 1.94 bits per heavy atom. The summed E-state index contributed by atoms with van der Waals surface area (Å²) in [7, 11) is 4.36. The van der Waals surface area contributed by atoms with E-state index in [2.05, 4.69) is 51.9 Å². The van der Waals surface area contributed by atoms with Crippen LogP contribution in [0.15, 0.2) is 12.1 Å². The van der Waals surface area contributed by atoms with Gasteiger partial charge < -0.3 is 4.90 Å². The van der Waals surface area contributed by atoms with E-state index in [1.54, 1.807) is 5.56 Å². The van der Waals surface area contributed by atoms with Gasteiger partial charge in [-0.3, -0.25) is 0 Å². The summed E-state index contributed by atoms with van der Waals surface area (Å²) in [5.41, 5.74) is 6.44. The summed E-state index contributed by atoms with van der Waals surface area (Å²) in [5.74, 6) is 0. The molecule has 1 aliphatic rings. The molecule has 2 rings (SSSR count). The lowest BCUT2D eigenvalue weighted by Gasteiger charge is -2.24. The fourth-order valence-electron chi connectivity index (χ4n) is 3.26. The number of hydrogen-bond acceptors (Lipinski definition) is 1. The van der Waals surface area contributed by atoms with Crippen LogP contribution in [0, 0.1) is 20.8 Å². The number of hydrogen-bond donors (Lipinski definition) is 0. The van der Waals surface area contributed by atoms with Crippen LogP contribution in [0.4, 0.5) is 0 Å². The molecule has 1 aromatic carbocycles. The lowest BCUT2D eigenvalue weighted by Crippen LogP contribution is -2.27. The maximum atomic E-state index is 2.33. The van der Waals surface area contributed by atoms with Crippen molar-refractivity contribution in [1.29, 1.82) is 0 Å². The van der Waals surface area contributed by atoms with Gasteiger partial charge in [-0.05, 0) is 64.4 Å². The molecule has 0 saturated heterocycles. The number of aryl methyl sites for hydroxylation is 3. The van der Waals surface area contributed by atoms with Crippen LogP contribution in [0.5, 0.6) is 0 Å². The third kappa shape index (κ3) is 2.01. The van der Waals surface area contributed by atoms with Crippen molar-refractivity contribution in [3.05, 3.63) is 34.4 Å². The van der Waals surface area contributed by atoms with Crippen molar-refractivity contribution in [2.24, 2.45) is 0 Å². The second-order valence-electron chi connectivity index (χ2n) is 5.79. The van der Waals surface area contributed by atoms with E-state index in [4.69, 9.17) is 0 Å². The molecule has 16 heavy (non-hydrogen) atoms. The highest BCUT2D eigenvalue weighted by molar-refractivity contribution is 5.46. The fraction of sp³-hybridized carbons (Fsp3) is 0.600. The van der Waals surface area contributed by atoms with Gasteiger partial charge in [-0.1, -0.05) is 17.7 Å². The Morgan fingerprint density at radius 1 is 1.06 bits per heavy atom. The van der Waals surface area contributed by atoms with Gasteiger partial charge in [0, 0.05) is 12.0 Å². The van der Waals surface area contributed by atoms with Crippen molar-refractivity contribution < 1.29 is 0 Å². The van der Waals surface area contributed by atoms with Gasteiger partial charge in [-0.15, -0.1) is 0 Å². The van der Waals surface area contributed by atoms with Crippen LogP contribution < -0.4 is 0 Å². The van der Waals surface area contributed by atoms with E-state index in [0.717, 1.165) is 0 Å². The van der Waals surface area contributed by atoms with Crippen molar-refractivity contribution in [2.75, 3.05) is 20.6 Å². The molecule has 1 fully saturated rings. The standard InChI is InChI=1S/C15H23N/c1-11-8-12(2)14(13(3)9-11)15(6-7-15)10-16(4)5/h8-9H,6-7,10H2,1-5H3. The molecule has 0 aliphatic heterocycles. The van der Waals surface area contributed by atoms with Crippen LogP contribution in [-0.4, -0.2) is 25.5 Å². The molecule has 0 bridgehead atoms. The SMILES string of the molecule is Cc1cc(C)c(C2(CN(C)C)CC2)c(C)c1. The molecule has 0 N–H and O–H groups in total. The summed E-state index contributed by atoms with van der Waals surface area (Å²) in [4.78, 5) is 2.33. The predicted octanol–water partition coefficient (Wildman–Crippen LogP) is 3.21. The highest BCUT2D eigenvalue weighted by Gasteiger charge is 2.46. The third-order valence-corrected chi connectivity index (χ3v) is 3.68. The molecule has 0 aromatic heterocycles. The second-order valence-corrected chi connectivity index (χ2v) is 5.79. The maximum Gasteiger partial charge on any atom is 0.00859 e. The summed E-state index contributed by atoms with van der Waals surface area (Å²) < 4.78 is 0. The van der Waals surface area contributed by atoms with Crippen LogP contribution >= 0.6 is 0 Å². The van der Waals surface area contributed by atoms with Gasteiger partial charge in [0.25, 0.3) is 0 Å². The normalized spacial score (nSPS) is 17.9. The average Bonchev–Trinajstić information content (AvgIpc) is 2.81. The van der Waals surface area contributed by atoms with Gasteiger partial charge in [-0.2, -0.15) is 0 Å². The number of benzene rings is 1. The molecule has 1 heteroatoms. The predicted molar refractivity (Wildman–Crippen MR) is 70.1 cm³/mol. The van der Waals surface area contributed by atoms with Gasteiger partial charge in [0.2, 0.25) is 0 Å². The van der Waals surface area contributed by atoms with Gasteiger partial charge >= 0.3 is 0 Å². The minimum Gasteiger partial charge on any atom is -0.309 e. The molecular formula is C15H23N. The Balaban J connectivity index is 2.41. The molecule has 0 atom stereocenters. The van der Waals surface area contributed by atoms with Crippen molar-refractivity contribution in [3.63, 3.8) is 0 Å². The Bertz CT molecular complexity index is 377. The van der Waals surface area contributed by atoms with Crippen molar-refractivity contribution in [2.45, 2.75) is 39.0 Å². The van der Waals surface area contributed by atoms with Crippen LogP contribution in [-0.2, 0) is 5.41 Å². The largest absolute Gasteiger partial charge is 0.309 e. The van der Waals surface area contributed by atoms with E-state index >= 15 is 0 Å². The Kier molecular flexibility index (Phi) is 2.83. The Morgan fingerprint density at radius 2 is 1.56 bits per heavy atom. The van der Waals surface area contributed by atoms with Gasteiger partial charge in [0.05, 0.1) is 0 Å². The van der Waals surface area contributed by atoms with Crippen molar-refractivity contribution in [3.8, 4) is 0 Å². The molecule has 1 saturated carbocycles. The van der Waals surface area contributed by atoms with Gasteiger partial charge in [0.15, 0.2) is 0 Å². The molecule has 88 valence electrons. The maximum absolute atomic E-state index is 2.33. The summed E-state index contributed by atoms with van der Waals surface area (Å²) in [6.07, 6.45) is 2.71. The summed E-state index contributed by atoms with van der Waals surface area (Å²) in [6.45, 7) is 7.92. The first kappa shape index (κ1) is 11.7.